The van der Waals surface area contributed by atoms with Crippen molar-refractivity contribution in [3.05, 3.63) is 59.7 Å². The molecule has 292 valence electrons. The second-order valence-corrected chi connectivity index (χ2v) is 41.3. The van der Waals surface area contributed by atoms with Gasteiger partial charge in [-0.15, -0.1) is 0 Å². The van der Waals surface area contributed by atoms with Crippen LogP contribution in [0.25, 0.3) is 21.5 Å². The zero-order valence-electron chi connectivity index (χ0n) is 33.0. The van der Waals surface area contributed by atoms with E-state index < -0.39 is 54.3 Å². The molecule has 0 atom stereocenters. The van der Waals surface area contributed by atoms with E-state index in [0.717, 1.165) is 32.7 Å². The van der Waals surface area contributed by atoms with Crippen molar-refractivity contribution >= 4 is 75.8 Å². The Morgan fingerprint density at radius 1 is 0.442 bits per heavy atom. The Morgan fingerprint density at radius 3 is 0.962 bits per heavy atom. The molecule has 0 fully saturated rings. The molecular weight excluding hydrogens is 763 g/mol. The van der Waals surface area contributed by atoms with E-state index in [1.807, 2.05) is 48.5 Å². The molecule has 2 heterocycles. The number of hydrogen-bond acceptors (Lipinski definition) is 6. The van der Waals surface area contributed by atoms with E-state index in [1.54, 1.807) is 8.61 Å². The van der Waals surface area contributed by atoms with Gasteiger partial charge in [0.15, 0.2) is 0 Å². The highest BCUT2D eigenvalue weighted by Gasteiger charge is 2.32. The van der Waals surface area contributed by atoms with E-state index >= 15 is 0 Å². The SMILES string of the molecule is C[Si](C)(C)CCS(=O)(=O)N1CCCN(S(=O)(=O)CC[Si](C)(C)C)Cc2c3ccccc3c(c3ccccc23)CN(S(=O)(=O)CC[Si](C)(C)C)CCC1. The first kappa shape index (κ1) is 43.3. The fourth-order valence-electron chi connectivity index (χ4n) is 6.56. The molecule has 0 amide bonds. The third-order valence-electron chi connectivity index (χ3n) is 9.96. The summed E-state index contributed by atoms with van der Waals surface area (Å²) < 4.78 is 89.4. The molecule has 3 aromatic rings. The van der Waals surface area contributed by atoms with Crippen LogP contribution in [0.2, 0.25) is 77.1 Å². The molecule has 0 aromatic heterocycles. The molecular formula is C37H63N3O6S3Si3. The number of fused-ring (bicyclic) bond motifs is 10. The smallest absolute Gasteiger partial charge is 0.212 e. The second kappa shape index (κ2) is 16.7. The maximum atomic E-state index is 14.2. The molecule has 0 N–H and O–H groups in total. The number of sulfonamides is 3. The predicted octanol–water partition coefficient (Wildman–Crippen LogP) is 7.70. The van der Waals surface area contributed by atoms with Crippen LogP contribution in [0.1, 0.15) is 24.0 Å². The highest BCUT2D eigenvalue weighted by molar-refractivity contribution is 7.89. The van der Waals surface area contributed by atoms with Gasteiger partial charge >= 0.3 is 0 Å². The van der Waals surface area contributed by atoms with Crippen molar-refractivity contribution in [2.24, 2.45) is 0 Å². The van der Waals surface area contributed by atoms with Crippen molar-refractivity contribution in [1.82, 2.24) is 12.9 Å². The van der Waals surface area contributed by atoms with Crippen LogP contribution >= 0.6 is 0 Å². The first-order chi connectivity index (χ1) is 23.9. The van der Waals surface area contributed by atoms with Crippen molar-refractivity contribution in [3.63, 3.8) is 0 Å². The Labute approximate surface area is 318 Å². The third-order valence-corrected chi connectivity index (χ3v) is 21.8. The quantitative estimate of drug-likeness (QED) is 0.137. The van der Waals surface area contributed by atoms with Crippen LogP contribution in [0.3, 0.4) is 0 Å². The molecule has 0 saturated heterocycles. The summed E-state index contributed by atoms with van der Waals surface area (Å²) in [6.07, 6.45) is 0.676. The average Bonchev–Trinajstić information content (AvgIpc) is 3.04. The monoisotopic (exact) mass is 825 g/mol. The minimum Gasteiger partial charge on any atom is -0.212 e. The highest BCUT2D eigenvalue weighted by atomic mass is 32.2. The van der Waals surface area contributed by atoms with Crippen LogP contribution in [0.4, 0.5) is 0 Å². The molecule has 0 spiro atoms. The summed E-state index contributed by atoms with van der Waals surface area (Å²) >= 11 is 0. The number of benzene rings is 3. The number of nitrogens with zero attached hydrogens (tertiary/aromatic N) is 3. The third kappa shape index (κ3) is 12.0. The van der Waals surface area contributed by atoms with Gasteiger partial charge in [0.1, 0.15) is 0 Å². The van der Waals surface area contributed by atoms with Gasteiger partial charge in [-0.2, -0.15) is 8.61 Å². The van der Waals surface area contributed by atoms with Gasteiger partial charge in [-0.3, -0.25) is 0 Å². The summed E-state index contributed by atoms with van der Waals surface area (Å²) in [6, 6.07) is 17.8. The second-order valence-electron chi connectivity index (χ2n) is 18.2. The Kier molecular flexibility index (Phi) is 13.9. The normalized spacial score (nSPS) is 17.8. The van der Waals surface area contributed by atoms with Crippen molar-refractivity contribution in [1.29, 1.82) is 0 Å². The Balaban J connectivity index is 1.91. The summed E-state index contributed by atoms with van der Waals surface area (Å²) in [5.74, 6) is 0.151. The maximum absolute atomic E-state index is 14.2. The van der Waals surface area contributed by atoms with Crippen LogP contribution in [0.5, 0.6) is 0 Å². The van der Waals surface area contributed by atoms with Crippen LogP contribution in [-0.4, -0.2) is 106 Å². The topological polar surface area (TPSA) is 112 Å². The van der Waals surface area contributed by atoms with Crippen molar-refractivity contribution in [2.45, 2.75) is 103 Å². The maximum Gasteiger partial charge on any atom is 0.214 e. The Morgan fingerprint density at radius 2 is 0.692 bits per heavy atom. The van der Waals surface area contributed by atoms with Gasteiger partial charge in [-0.05, 0) is 63.6 Å². The molecule has 9 nitrogen and oxygen atoms in total. The van der Waals surface area contributed by atoms with Gasteiger partial charge in [0, 0.05) is 63.5 Å². The first-order valence-corrected chi connectivity index (χ1v) is 34.7. The van der Waals surface area contributed by atoms with E-state index in [1.165, 1.54) is 4.31 Å². The van der Waals surface area contributed by atoms with E-state index in [9.17, 15) is 25.3 Å². The van der Waals surface area contributed by atoms with Crippen molar-refractivity contribution in [2.75, 3.05) is 43.4 Å². The van der Waals surface area contributed by atoms with Gasteiger partial charge in [0.25, 0.3) is 0 Å². The lowest BCUT2D eigenvalue weighted by Crippen LogP contribution is -2.41. The largest absolute Gasteiger partial charge is 0.214 e. The molecule has 2 bridgehead atoms. The highest BCUT2D eigenvalue weighted by Crippen LogP contribution is 2.36. The summed E-state index contributed by atoms with van der Waals surface area (Å²) in [6.45, 7) is 20.5. The molecule has 2 aliphatic heterocycles. The van der Waals surface area contributed by atoms with Gasteiger partial charge in [-0.1, -0.05) is 107 Å². The van der Waals surface area contributed by atoms with Crippen molar-refractivity contribution < 1.29 is 25.3 Å². The molecule has 52 heavy (non-hydrogen) atoms. The fourth-order valence-corrected chi connectivity index (χ4v) is 20.1. The van der Waals surface area contributed by atoms with Crippen LogP contribution in [-0.2, 0) is 43.2 Å². The van der Waals surface area contributed by atoms with Crippen LogP contribution in [0.15, 0.2) is 48.5 Å². The molecule has 15 heteroatoms. The lowest BCUT2D eigenvalue weighted by molar-refractivity contribution is 0.337. The predicted molar refractivity (Wildman–Crippen MR) is 229 cm³/mol. The van der Waals surface area contributed by atoms with Crippen LogP contribution in [0, 0.1) is 0 Å². The molecule has 0 radical (unpaired) electrons. The number of rotatable bonds is 12. The van der Waals surface area contributed by atoms with E-state index in [0.29, 0.717) is 31.0 Å². The van der Waals surface area contributed by atoms with Crippen LogP contribution < -0.4 is 0 Å². The van der Waals surface area contributed by atoms with Gasteiger partial charge in [-0.25, -0.2) is 29.6 Å². The summed E-state index contributed by atoms with van der Waals surface area (Å²) in [5, 5.41) is 3.64. The number of hydrogen-bond donors (Lipinski definition) is 0. The molecule has 2 aliphatic rings. The Bertz CT molecular complexity index is 1860. The molecule has 0 aliphatic carbocycles. The van der Waals surface area contributed by atoms with E-state index in [-0.39, 0.29) is 56.5 Å². The zero-order valence-corrected chi connectivity index (χ0v) is 38.5. The minimum absolute atomic E-state index is 0.0413. The first-order valence-electron chi connectivity index (χ1n) is 18.7. The lowest BCUT2D eigenvalue weighted by Gasteiger charge is -2.28. The van der Waals surface area contributed by atoms with Gasteiger partial charge < -0.3 is 0 Å². The molecule has 0 unspecified atom stereocenters. The molecule has 5 rings (SSSR count). The molecule has 3 aromatic carbocycles. The fraction of sp³-hybridized carbons (Fsp3) is 0.622. The average molecular weight is 826 g/mol. The van der Waals surface area contributed by atoms with Crippen molar-refractivity contribution in [3.8, 4) is 0 Å². The summed E-state index contributed by atoms with van der Waals surface area (Å²) in [5.41, 5.74) is 1.77. The Hall–Kier alpha value is -1.44. The standard InChI is InChI=1S/C37H63N3O6S3Si3/c1-50(2,3)27-24-47(41,42)38-20-14-22-39(48(43,44)25-28-51(4,5)6)30-36-32-16-10-12-18-34(32)37(35-19-13-11-17-33(35)36)31-40(23-15-21-38)49(45,46)26-29-52(7,8)9/h10-13,16-19H,14-15,20-31H2,1-9H3. The van der Waals surface area contributed by atoms with Gasteiger partial charge in [0.2, 0.25) is 30.1 Å². The van der Waals surface area contributed by atoms with E-state index in [2.05, 4.69) is 58.9 Å². The van der Waals surface area contributed by atoms with E-state index in [4.69, 9.17) is 0 Å². The lowest BCUT2D eigenvalue weighted by atomic mass is 9.91. The van der Waals surface area contributed by atoms with Gasteiger partial charge in [0.05, 0.1) is 17.3 Å². The minimum atomic E-state index is -3.69. The zero-order chi connectivity index (χ0) is 38.8. The summed E-state index contributed by atoms with van der Waals surface area (Å²) in [7, 11) is -16.1. The summed E-state index contributed by atoms with van der Waals surface area (Å²) in [4.78, 5) is 0. The molecule has 0 saturated carbocycles.